The number of fused-ring (bicyclic) bond motifs is 10. The maximum atomic E-state index is 14.8. The van der Waals surface area contributed by atoms with Crippen molar-refractivity contribution in [3.05, 3.63) is 64.8 Å². The number of aliphatic hydroxyl groups is 2. The maximum absolute atomic E-state index is 14.8. The van der Waals surface area contributed by atoms with Crippen LogP contribution in [0.15, 0.2) is 48.1 Å². The van der Waals surface area contributed by atoms with Crippen LogP contribution in [-0.4, -0.2) is 57.4 Å². The van der Waals surface area contributed by atoms with E-state index < -0.39 is 46.3 Å². The number of Topliss-reactive ketones (excluding diaryl/α,β-unsaturated/α-hetero) is 1. The molecule has 2 heterocycles. The van der Waals surface area contributed by atoms with Gasteiger partial charge in [0.2, 0.25) is 5.91 Å². The first-order chi connectivity index (χ1) is 21.9. The van der Waals surface area contributed by atoms with E-state index in [0.717, 1.165) is 28.7 Å². The minimum absolute atomic E-state index is 0.00268. The van der Waals surface area contributed by atoms with Gasteiger partial charge in [0.15, 0.2) is 11.9 Å². The summed E-state index contributed by atoms with van der Waals surface area (Å²) in [4.78, 5) is 41.4. The highest BCUT2D eigenvalue weighted by Gasteiger charge is 2.70. The van der Waals surface area contributed by atoms with Gasteiger partial charge < -0.3 is 25.0 Å². The number of hydrogen-bond donors (Lipinski definition) is 3. The molecule has 10 atom stereocenters. The first-order valence-electron chi connectivity index (χ1n) is 17.3. The number of carbonyl (C=O) groups excluding carboxylic acids is 3. The van der Waals surface area contributed by atoms with Gasteiger partial charge in [0.1, 0.15) is 6.10 Å². The number of nitrogens with one attached hydrogen (secondary N) is 1. The molecule has 1 amide bonds. The molecule has 0 unspecified atom stereocenters. The van der Waals surface area contributed by atoms with Gasteiger partial charge in [-0.1, -0.05) is 31.7 Å². The fraction of sp³-hybridized carbons (Fsp3) is 0.615. The van der Waals surface area contributed by atoms with Gasteiger partial charge in [-0.3, -0.25) is 14.4 Å². The van der Waals surface area contributed by atoms with E-state index in [0.29, 0.717) is 48.9 Å². The van der Waals surface area contributed by atoms with Crippen molar-refractivity contribution in [2.45, 2.75) is 122 Å². The smallest absolute Gasteiger partial charge is 0.303 e. The van der Waals surface area contributed by atoms with E-state index in [1.807, 2.05) is 52.8 Å². The van der Waals surface area contributed by atoms with Crippen LogP contribution in [0.3, 0.4) is 0 Å². The number of ketones is 1. The van der Waals surface area contributed by atoms with Gasteiger partial charge in [0, 0.05) is 24.3 Å². The van der Waals surface area contributed by atoms with E-state index in [-0.39, 0.29) is 41.8 Å². The number of esters is 1. The molecule has 3 fully saturated rings. The fourth-order valence-electron chi connectivity index (χ4n) is 10.7. The van der Waals surface area contributed by atoms with Crippen LogP contribution in [0.4, 0.5) is 5.69 Å². The van der Waals surface area contributed by atoms with Crippen molar-refractivity contribution in [2.24, 2.45) is 28.6 Å². The van der Waals surface area contributed by atoms with E-state index in [4.69, 9.17) is 9.47 Å². The summed E-state index contributed by atoms with van der Waals surface area (Å²) in [5, 5.41) is 27.1. The van der Waals surface area contributed by atoms with E-state index >= 15 is 0 Å². The molecule has 2 aliphatic heterocycles. The van der Waals surface area contributed by atoms with Crippen LogP contribution in [0.2, 0.25) is 0 Å². The molecule has 7 rings (SSSR count). The Kier molecular flexibility index (Phi) is 7.23. The van der Waals surface area contributed by atoms with Crippen LogP contribution in [0, 0.1) is 28.6 Å². The maximum Gasteiger partial charge on any atom is 0.303 e. The lowest BCUT2D eigenvalue weighted by molar-refractivity contribution is -0.212. The van der Waals surface area contributed by atoms with Crippen LogP contribution in [0.1, 0.15) is 107 Å². The van der Waals surface area contributed by atoms with Crippen LogP contribution in [0.25, 0.3) is 0 Å². The molecule has 252 valence electrons. The molecule has 3 saturated carbocycles. The lowest BCUT2D eigenvalue weighted by Crippen LogP contribution is -2.70. The molecular formula is C39H49NO7. The van der Waals surface area contributed by atoms with Crippen LogP contribution >= 0.6 is 0 Å². The first-order valence-corrected chi connectivity index (χ1v) is 17.3. The van der Waals surface area contributed by atoms with Crippen LogP contribution < -0.4 is 5.32 Å². The second kappa shape index (κ2) is 10.5. The van der Waals surface area contributed by atoms with E-state index in [1.54, 1.807) is 0 Å². The third-order valence-corrected chi connectivity index (χ3v) is 13.5. The van der Waals surface area contributed by atoms with Gasteiger partial charge in [-0.25, -0.2) is 0 Å². The Balaban J connectivity index is 1.31. The standard InChI is InChI=1S/C39H49NO7/c1-19(2)34-30(46-21(4)41)18-25-29(47-34)12-13-37(7)38(8)23(11-14-39(25,37)45)16-28(42)33-27(40-35(38)43)10-9-22-15-20(3)24-17-26(36(5,6)44)32(24)31(22)33/h9-10,18,23-24,26,29-30,32,34,44-45H,1,3,11-17H2,2,4-8H3,(H,40,43)/t23-,24+,26-,29+,30-,32+,34-,37+,38+,39-/m0/s1. The number of hydrogen-bond acceptors (Lipinski definition) is 7. The minimum atomic E-state index is -1.42. The number of rotatable bonds is 3. The largest absolute Gasteiger partial charge is 0.455 e. The Morgan fingerprint density at radius 2 is 1.87 bits per heavy atom. The average Bonchev–Trinajstić information content (AvgIpc) is 2.94. The second-order valence-corrected chi connectivity index (χ2v) is 16.4. The van der Waals surface area contributed by atoms with Crippen molar-refractivity contribution in [1.29, 1.82) is 0 Å². The normalized spacial score (nSPS) is 40.7. The summed E-state index contributed by atoms with van der Waals surface area (Å²) in [6.45, 7) is 19.2. The molecule has 0 bridgehead atoms. The van der Waals surface area contributed by atoms with E-state index in [2.05, 4.69) is 18.5 Å². The van der Waals surface area contributed by atoms with Crippen molar-refractivity contribution in [1.82, 2.24) is 0 Å². The van der Waals surface area contributed by atoms with E-state index in [1.165, 1.54) is 6.92 Å². The zero-order chi connectivity index (χ0) is 34.0. The monoisotopic (exact) mass is 643 g/mol. The number of benzene rings is 1. The molecule has 8 nitrogen and oxygen atoms in total. The van der Waals surface area contributed by atoms with Crippen molar-refractivity contribution in [3.63, 3.8) is 0 Å². The van der Waals surface area contributed by atoms with Crippen molar-refractivity contribution in [3.8, 4) is 0 Å². The number of amides is 1. The summed E-state index contributed by atoms with van der Waals surface area (Å²) in [5.41, 5.74) is 1.27. The number of carbonyl (C=O) groups is 3. The molecule has 0 spiro atoms. The van der Waals surface area contributed by atoms with Crippen LogP contribution in [0.5, 0.6) is 0 Å². The predicted octanol–water partition coefficient (Wildman–Crippen LogP) is 5.96. The molecule has 4 aliphatic carbocycles. The Hall–Kier alpha value is -3.07. The van der Waals surface area contributed by atoms with Gasteiger partial charge >= 0.3 is 5.97 Å². The third kappa shape index (κ3) is 4.39. The van der Waals surface area contributed by atoms with Crippen molar-refractivity contribution < 1.29 is 34.1 Å². The third-order valence-electron chi connectivity index (χ3n) is 13.5. The summed E-state index contributed by atoms with van der Waals surface area (Å²) < 4.78 is 12.1. The van der Waals surface area contributed by atoms with Gasteiger partial charge in [-0.2, -0.15) is 0 Å². The highest BCUT2D eigenvalue weighted by atomic mass is 16.6. The Morgan fingerprint density at radius 1 is 1.15 bits per heavy atom. The highest BCUT2D eigenvalue weighted by Crippen LogP contribution is 2.68. The molecule has 0 aromatic heterocycles. The van der Waals surface area contributed by atoms with Crippen molar-refractivity contribution >= 4 is 23.3 Å². The fourth-order valence-corrected chi connectivity index (χ4v) is 10.7. The van der Waals surface area contributed by atoms with Gasteiger partial charge in [0.05, 0.1) is 28.4 Å². The van der Waals surface area contributed by atoms with Crippen molar-refractivity contribution in [2.75, 3.05) is 5.32 Å². The predicted molar refractivity (Wildman–Crippen MR) is 178 cm³/mol. The van der Waals surface area contributed by atoms with Gasteiger partial charge in [0.25, 0.3) is 0 Å². The Morgan fingerprint density at radius 3 is 2.53 bits per heavy atom. The SMILES string of the molecule is C=C1Cc2ccc3c(c2[C@@H]2[C@@H]1C[C@@H]2C(C)(C)O)C(=O)C[C@@H]1CC[C@]2(O)C4=C[C@H](OC(C)=O)[C@H](C(=C)C)O[C@@H]4CC[C@]2(C)[C@@]1(C)C(=O)N3. The quantitative estimate of drug-likeness (QED) is 0.274. The molecule has 0 radical (unpaired) electrons. The lowest BCUT2D eigenvalue weighted by atomic mass is 9.41. The molecule has 6 aliphatic rings. The minimum Gasteiger partial charge on any atom is -0.455 e. The highest BCUT2D eigenvalue weighted by molar-refractivity contribution is 6.09. The summed E-state index contributed by atoms with van der Waals surface area (Å²) in [7, 11) is 0. The molecule has 0 saturated heterocycles. The number of allylic oxidation sites excluding steroid dienone is 1. The summed E-state index contributed by atoms with van der Waals surface area (Å²) >= 11 is 0. The van der Waals surface area contributed by atoms with Gasteiger partial charge in [-0.15, -0.1) is 0 Å². The second-order valence-electron chi connectivity index (χ2n) is 16.4. The molecular weight excluding hydrogens is 594 g/mol. The van der Waals surface area contributed by atoms with Crippen LogP contribution in [-0.2, 0) is 25.5 Å². The number of ether oxygens (including phenoxy) is 2. The molecule has 8 heteroatoms. The first kappa shape index (κ1) is 32.5. The zero-order valence-corrected chi connectivity index (χ0v) is 28.6. The summed E-state index contributed by atoms with van der Waals surface area (Å²) in [5.74, 6) is -0.792. The molecule has 3 N–H and O–H groups in total. The topological polar surface area (TPSA) is 122 Å². The Labute approximate surface area is 277 Å². The Bertz CT molecular complexity index is 1650. The molecule has 1 aromatic carbocycles. The lowest BCUT2D eigenvalue weighted by Gasteiger charge is -2.65. The molecule has 1 aromatic rings. The summed E-state index contributed by atoms with van der Waals surface area (Å²) in [6, 6.07) is 3.86. The average molecular weight is 644 g/mol. The van der Waals surface area contributed by atoms with Gasteiger partial charge in [-0.05, 0) is 124 Å². The van der Waals surface area contributed by atoms with E-state index in [9.17, 15) is 24.6 Å². The number of anilines is 1. The zero-order valence-electron chi connectivity index (χ0n) is 28.6. The molecule has 47 heavy (non-hydrogen) atoms. The summed E-state index contributed by atoms with van der Waals surface area (Å²) in [6.07, 6.45) is 3.79.